The zero-order valence-electron chi connectivity index (χ0n) is 7.04. The third-order valence-electron chi connectivity index (χ3n) is 1.62. The summed E-state index contributed by atoms with van der Waals surface area (Å²) in [6, 6.07) is 3.72. The average molecular weight is 289 g/mol. The van der Waals surface area contributed by atoms with E-state index in [-0.39, 0.29) is 0 Å². The molecule has 0 fully saturated rings. The van der Waals surface area contributed by atoms with E-state index in [9.17, 15) is 0 Å². The van der Waals surface area contributed by atoms with E-state index in [2.05, 4.69) is 37.8 Å². The standard InChI is InChI=1S/C8H8IN3O/c1-2-13-6-4-3-5-7(10-6)8(9)12-11-5/h3-4H,2H2,1H3,(H,11,12). The number of H-pyrrole nitrogens is 1. The lowest BCUT2D eigenvalue weighted by Crippen LogP contribution is -1.93. The highest BCUT2D eigenvalue weighted by Gasteiger charge is 2.04. The summed E-state index contributed by atoms with van der Waals surface area (Å²) in [4.78, 5) is 4.30. The minimum absolute atomic E-state index is 0.632. The van der Waals surface area contributed by atoms with Crippen LogP contribution < -0.4 is 4.74 Å². The number of aromatic amines is 1. The van der Waals surface area contributed by atoms with Crippen molar-refractivity contribution in [2.24, 2.45) is 0 Å². The molecule has 0 aliphatic heterocycles. The summed E-state index contributed by atoms with van der Waals surface area (Å²) in [6.45, 7) is 2.57. The van der Waals surface area contributed by atoms with E-state index in [0.717, 1.165) is 14.7 Å². The van der Waals surface area contributed by atoms with Crippen molar-refractivity contribution in [3.05, 3.63) is 15.8 Å². The number of pyridine rings is 1. The molecule has 13 heavy (non-hydrogen) atoms. The van der Waals surface area contributed by atoms with Gasteiger partial charge in [0.15, 0.2) is 0 Å². The molecule has 0 spiro atoms. The van der Waals surface area contributed by atoms with Gasteiger partial charge >= 0.3 is 0 Å². The summed E-state index contributed by atoms with van der Waals surface area (Å²) in [7, 11) is 0. The minimum Gasteiger partial charge on any atom is -0.478 e. The molecule has 68 valence electrons. The fourth-order valence-corrected chi connectivity index (χ4v) is 1.59. The van der Waals surface area contributed by atoms with Crippen LogP contribution in [-0.4, -0.2) is 21.8 Å². The quantitative estimate of drug-likeness (QED) is 0.860. The van der Waals surface area contributed by atoms with Crippen LogP contribution in [0.1, 0.15) is 6.92 Å². The molecule has 2 rings (SSSR count). The molecule has 5 heteroatoms. The van der Waals surface area contributed by atoms with Crippen molar-refractivity contribution in [1.29, 1.82) is 0 Å². The number of halogens is 1. The van der Waals surface area contributed by atoms with Crippen molar-refractivity contribution in [2.45, 2.75) is 6.92 Å². The van der Waals surface area contributed by atoms with Crippen LogP contribution in [0.2, 0.25) is 0 Å². The lowest BCUT2D eigenvalue weighted by Gasteiger charge is -1.99. The number of rotatable bonds is 2. The number of hydrogen-bond acceptors (Lipinski definition) is 3. The van der Waals surface area contributed by atoms with E-state index in [4.69, 9.17) is 4.74 Å². The molecule has 2 aromatic rings. The van der Waals surface area contributed by atoms with Crippen molar-refractivity contribution in [2.75, 3.05) is 6.61 Å². The molecule has 0 radical (unpaired) electrons. The molecular weight excluding hydrogens is 281 g/mol. The van der Waals surface area contributed by atoms with E-state index in [1.165, 1.54) is 0 Å². The molecule has 0 amide bonds. The first-order valence-electron chi connectivity index (χ1n) is 3.94. The maximum Gasteiger partial charge on any atom is 0.213 e. The van der Waals surface area contributed by atoms with Crippen LogP contribution in [0.25, 0.3) is 11.0 Å². The molecule has 0 unspecified atom stereocenters. The molecule has 4 nitrogen and oxygen atoms in total. The zero-order chi connectivity index (χ0) is 9.26. The predicted octanol–water partition coefficient (Wildman–Crippen LogP) is 1.96. The zero-order valence-corrected chi connectivity index (χ0v) is 9.20. The van der Waals surface area contributed by atoms with Gasteiger partial charge in [0.05, 0.1) is 6.61 Å². The highest BCUT2D eigenvalue weighted by atomic mass is 127. The topological polar surface area (TPSA) is 50.8 Å². The largest absolute Gasteiger partial charge is 0.478 e. The van der Waals surface area contributed by atoms with Crippen LogP contribution in [0.15, 0.2) is 12.1 Å². The Hall–Kier alpha value is -0.850. The van der Waals surface area contributed by atoms with Gasteiger partial charge in [-0.25, -0.2) is 4.98 Å². The van der Waals surface area contributed by atoms with Crippen LogP contribution >= 0.6 is 22.6 Å². The summed E-state index contributed by atoms with van der Waals surface area (Å²) in [5.41, 5.74) is 1.74. The molecule has 0 bridgehead atoms. The van der Waals surface area contributed by atoms with Crippen molar-refractivity contribution < 1.29 is 4.74 Å². The lowest BCUT2D eigenvalue weighted by atomic mass is 10.4. The van der Waals surface area contributed by atoms with Crippen molar-refractivity contribution in [3.63, 3.8) is 0 Å². The Morgan fingerprint density at radius 2 is 2.38 bits per heavy atom. The first kappa shape index (κ1) is 8.74. The number of fused-ring (bicyclic) bond motifs is 1. The van der Waals surface area contributed by atoms with Gasteiger partial charge in [0.1, 0.15) is 14.7 Å². The first-order valence-corrected chi connectivity index (χ1v) is 5.02. The summed E-state index contributed by atoms with van der Waals surface area (Å²) >= 11 is 2.16. The van der Waals surface area contributed by atoms with Gasteiger partial charge in [-0.15, -0.1) is 0 Å². The van der Waals surface area contributed by atoms with Crippen LogP contribution in [0.4, 0.5) is 0 Å². The molecule has 0 aromatic carbocycles. The molecule has 0 aliphatic rings. The third-order valence-corrected chi connectivity index (χ3v) is 2.38. The second-order valence-electron chi connectivity index (χ2n) is 2.49. The SMILES string of the molecule is CCOc1ccc2n[nH]c(I)c2n1. The van der Waals surface area contributed by atoms with Crippen LogP contribution in [0.3, 0.4) is 0 Å². The number of nitrogens with zero attached hydrogens (tertiary/aromatic N) is 2. The van der Waals surface area contributed by atoms with Gasteiger partial charge in [0.2, 0.25) is 5.88 Å². The van der Waals surface area contributed by atoms with Gasteiger partial charge in [-0.3, -0.25) is 5.10 Å². The van der Waals surface area contributed by atoms with Gasteiger partial charge < -0.3 is 4.74 Å². The molecule has 1 N–H and O–H groups in total. The molecule has 0 aliphatic carbocycles. The van der Waals surface area contributed by atoms with Crippen LogP contribution in [-0.2, 0) is 0 Å². The van der Waals surface area contributed by atoms with Crippen LogP contribution in [0, 0.1) is 3.70 Å². The van der Waals surface area contributed by atoms with Gasteiger partial charge in [-0.1, -0.05) is 0 Å². The Balaban J connectivity index is 2.53. The molecule has 2 aromatic heterocycles. The fourth-order valence-electron chi connectivity index (χ4n) is 1.08. The predicted molar refractivity (Wildman–Crippen MR) is 57.8 cm³/mol. The molecule has 2 heterocycles. The Bertz CT molecular complexity index is 426. The molecule has 0 saturated carbocycles. The molecular formula is C8H8IN3O. The third kappa shape index (κ3) is 1.60. The molecule has 0 saturated heterocycles. The summed E-state index contributed by atoms with van der Waals surface area (Å²) in [6.07, 6.45) is 0. The minimum atomic E-state index is 0.632. The monoisotopic (exact) mass is 289 g/mol. The number of aromatic nitrogens is 3. The molecule has 0 atom stereocenters. The van der Waals surface area contributed by atoms with Gasteiger partial charge in [-0.2, -0.15) is 5.10 Å². The van der Waals surface area contributed by atoms with Crippen molar-refractivity contribution in [3.8, 4) is 5.88 Å². The Morgan fingerprint density at radius 3 is 3.15 bits per heavy atom. The Kier molecular flexibility index (Phi) is 2.34. The maximum atomic E-state index is 5.28. The summed E-state index contributed by atoms with van der Waals surface area (Å²) < 4.78 is 6.22. The van der Waals surface area contributed by atoms with Gasteiger partial charge in [-0.05, 0) is 35.6 Å². The van der Waals surface area contributed by atoms with E-state index in [1.54, 1.807) is 0 Å². The number of nitrogens with one attached hydrogen (secondary N) is 1. The highest BCUT2D eigenvalue weighted by Crippen LogP contribution is 2.18. The maximum absolute atomic E-state index is 5.28. The Morgan fingerprint density at radius 1 is 1.54 bits per heavy atom. The van der Waals surface area contributed by atoms with E-state index >= 15 is 0 Å². The smallest absolute Gasteiger partial charge is 0.213 e. The van der Waals surface area contributed by atoms with Crippen molar-refractivity contribution in [1.82, 2.24) is 15.2 Å². The Labute approximate surface area is 88.8 Å². The second kappa shape index (κ2) is 3.49. The van der Waals surface area contributed by atoms with E-state index < -0.39 is 0 Å². The van der Waals surface area contributed by atoms with Crippen molar-refractivity contribution >= 4 is 33.6 Å². The average Bonchev–Trinajstić information content (AvgIpc) is 2.49. The number of ether oxygens (including phenoxy) is 1. The first-order chi connectivity index (χ1) is 6.31. The summed E-state index contributed by atoms with van der Waals surface area (Å²) in [5, 5.41) is 6.93. The number of hydrogen-bond donors (Lipinski definition) is 1. The van der Waals surface area contributed by atoms with Gasteiger partial charge in [0, 0.05) is 6.07 Å². The fraction of sp³-hybridized carbons (Fsp3) is 0.250. The van der Waals surface area contributed by atoms with Gasteiger partial charge in [0.25, 0.3) is 0 Å². The van der Waals surface area contributed by atoms with E-state index in [1.807, 2.05) is 19.1 Å². The highest BCUT2D eigenvalue weighted by molar-refractivity contribution is 14.1. The van der Waals surface area contributed by atoms with Crippen LogP contribution in [0.5, 0.6) is 5.88 Å². The summed E-state index contributed by atoms with van der Waals surface area (Å²) in [5.74, 6) is 0.648. The van der Waals surface area contributed by atoms with E-state index in [0.29, 0.717) is 12.5 Å². The second-order valence-corrected chi connectivity index (χ2v) is 3.57. The lowest BCUT2D eigenvalue weighted by molar-refractivity contribution is 0.328. The normalized spacial score (nSPS) is 10.6.